The van der Waals surface area contributed by atoms with Gasteiger partial charge in [-0.05, 0) is 55.2 Å². The van der Waals surface area contributed by atoms with Crippen molar-refractivity contribution < 1.29 is 8.81 Å². The maximum atomic E-state index is 13.2. The fourth-order valence-corrected chi connectivity index (χ4v) is 3.74. The summed E-state index contributed by atoms with van der Waals surface area (Å²) in [5.41, 5.74) is 5.95. The fraction of sp³-hybridized carbons (Fsp3) is 0.263. The Morgan fingerprint density at radius 3 is 2.50 bits per heavy atom. The van der Waals surface area contributed by atoms with Crippen LogP contribution in [-0.2, 0) is 12.2 Å². The second-order valence-corrected chi connectivity index (χ2v) is 6.86. The standard InChI is InChI=1S/C19H19FN2OS/c1-12-7-13(2)17(14(3)8-12)11-24-19-22-21-18(23-19)10-15-5-4-6-16(20)9-15/h4-9H,10-11H2,1-3H3. The summed E-state index contributed by atoms with van der Waals surface area (Å²) < 4.78 is 18.9. The van der Waals surface area contributed by atoms with Gasteiger partial charge in [-0.3, -0.25) is 0 Å². The van der Waals surface area contributed by atoms with Crippen molar-refractivity contribution in [2.45, 2.75) is 38.2 Å². The average Bonchev–Trinajstić information content (AvgIpc) is 2.93. The summed E-state index contributed by atoms with van der Waals surface area (Å²) in [7, 11) is 0. The zero-order valence-corrected chi connectivity index (χ0v) is 14.8. The zero-order chi connectivity index (χ0) is 17.1. The van der Waals surface area contributed by atoms with Crippen LogP contribution in [0, 0.1) is 26.6 Å². The van der Waals surface area contributed by atoms with Crippen LogP contribution in [0.3, 0.4) is 0 Å². The van der Waals surface area contributed by atoms with E-state index in [0.29, 0.717) is 17.5 Å². The molecular weight excluding hydrogens is 323 g/mol. The number of rotatable bonds is 5. The minimum absolute atomic E-state index is 0.257. The first-order valence-electron chi connectivity index (χ1n) is 7.77. The SMILES string of the molecule is Cc1cc(C)c(CSc2nnc(Cc3cccc(F)c3)o2)c(C)c1. The first-order chi connectivity index (χ1) is 11.5. The molecule has 0 bridgehead atoms. The van der Waals surface area contributed by atoms with Crippen LogP contribution in [0.1, 0.15) is 33.7 Å². The number of aryl methyl sites for hydroxylation is 3. The molecule has 0 N–H and O–H groups in total. The molecule has 3 nitrogen and oxygen atoms in total. The van der Waals surface area contributed by atoms with Crippen LogP contribution in [0.15, 0.2) is 46.0 Å². The van der Waals surface area contributed by atoms with Crippen molar-refractivity contribution in [3.05, 3.63) is 75.9 Å². The molecule has 0 amide bonds. The lowest BCUT2D eigenvalue weighted by molar-refractivity contribution is 0.420. The summed E-state index contributed by atoms with van der Waals surface area (Å²) in [6.45, 7) is 6.35. The van der Waals surface area contributed by atoms with Crippen LogP contribution in [0.5, 0.6) is 0 Å². The number of aromatic nitrogens is 2. The van der Waals surface area contributed by atoms with E-state index < -0.39 is 0 Å². The van der Waals surface area contributed by atoms with Gasteiger partial charge in [0.1, 0.15) is 5.82 Å². The van der Waals surface area contributed by atoms with Gasteiger partial charge in [0, 0.05) is 5.75 Å². The van der Waals surface area contributed by atoms with Crippen molar-refractivity contribution in [3.8, 4) is 0 Å². The molecule has 1 aromatic heterocycles. The Kier molecular flexibility index (Phi) is 5.00. The highest BCUT2D eigenvalue weighted by molar-refractivity contribution is 7.98. The Morgan fingerprint density at radius 1 is 1.04 bits per heavy atom. The number of halogens is 1. The van der Waals surface area contributed by atoms with E-state index in [-0.39, 0.29) is 5.82 Å². The van der Waals surface area contributed by atoms with E-state index in [9.17, 15) is 4.39 Å². The first kappa shape index (κ1) is 16.7. The fourth-order valence-electron chi connectivity index (χ4n) is 2.76. The molecule has 0 spiro atoms. The molecule has 0 fully saturated rings. The van der Waals surface area contributed by atoms with Gasteiger partial charge in [0.2, 0.25) is 5.89 Å². The Labute approximate surface area is 145 Å². The van der Waals surface area contributed by atoms with Crippen molar-refractivity contribution in [1.29, 1.82) is 0 Å². The summed E-state index contributed by atoms with van der Waals surface area (Å²) in [5.74, 6) is 1.03. The summed E-state index contributed by atoms with van der Waals surface area (Å²) in [6.07, 6.45) is 0.438. The Hall–Kier alpha value is -2.14. The molecule has 0 aliphatic rings. The average molecular weight is 342 g/mol. The van der Waals surface area contributed by atoms with Crippen LogP contribution >= 0.6 is 11.8 Å². The van der Waals surface area contributed by atoms with E-state index in [2.05, 4.69) is 43.1 Å². The summed E-state index contributed by atoms with van der Waals surface area (Å²) in [5, 5.41) is 8.67. The van der Waals surface area contributed by atoms with Crippen molar-refractivity contribution in [2.75, 3.05) is 0 Å². The molecule has 0 saturated carbocycles. The van der Waals surface area contributed by atoms with Crippen molar-refractivity contribution >= 4 is 11.8 Å². The Bertz CT molecular complexity index is 837. The van der Waals surface area contributed by atoms with E-state index in [0.717, 1.165) is 11.3 Å². The van der Waals surface area contributed by atoms with E-state index >= 15 is 0 Å². The maximum absolute atomic E-state index is 13.2. The largest absolute Gasteiger partial charge is 0.416 e. The third-order valence-corrected chi connectivity index (χ3v) is 4.72. The van der Waals surface area contributed by atoms with Gasteiger partial charge in [0.15, 0.2) is 0 Å². The van der Waals surface area contributed by atoms with Crippen LogP contribution < -0.4 is 0 Å². The predicted octanol–water partition coefficient (Wildman–Crippen LogP) is 5.02. The molecule has 5 heteroatoms. The van der Waals surface area contributed by atoms with Gasteiger partial charge in [-0.2, -0.15) is 0 Å². The second-order valence-electron chi connectivity index (χ2n) is 5.93. The lowest BCUT2D eigenvalue weighted by Crippen LogP contribution is -1.93. The molecule has 24 heavy (non-hydrogen) atoms. The van der Waals surface area contributed by atoms with Crippen LogP contribution in [0.4, 0.5) is 4.39 Å². The number of nitrogens with zero attached hydrogens (tertiary/aromatic N) is 2. The molecule has 0 saturated heterocycles. The third kappa shape index (κ3) is 4.03. The monoisotopic (exact) mass is 342 g/mol. The highest BCUT2D eigenvalue weighted by Gasteiger charge is 2.10. The predicted molar refractivity (Wildman–Crippen MR) is 93.7 cm³/mol. The molecule has 3 rings (SSSR count). The molecule has 1 heterocycles. The third-order valence-electron chi connectivity index (χ3n) is 3.87. The molecule has 0 aliphatic heterocycles. The molecule has 0 unspecified atom stereocenters. The Morgan fingerprint density at radius 2 is 1.79 bits per heavy atom. The molecule has 3 aromatic rings. The van der Waals surface area contributed by atoms with E-state index in [1.54, 1.807) is 6.07 Å². The molecule has 124 valence electrons. The topological polar surface area (TPSA) is 38.9 Å². The highest BCUT2D eigenvalue weighted by atomic mass is 32.2. The van der Waals surface area contributed by atoms with Gasteiger partial charge in [-0.1, -0.05) is 41.6 Å². The molecule has 0 aliphatic carbocycles. The summed E-state index contributed by atoms with van der Waals surface area (Å²) >= 11 is 1.53. The van der Waals surface area contributed by atoms with E-state index in [1.165, 1.54) is 46.1 Å². The van der Waals surface area contributed by atoms with Gasteiger partial charge < -0.3 is 4.42 Å². The zero-order valence-electron chi connectivity index (χ0n) is 14.0. The Balaban J connectivity index is 1.66. The number of benzene rings is 2. The molecular formula is C19H19FN2OS. The van der Waals surface area contributed by atoms with Crippen molar-refractivity contribution in [2.24, 2.45) is 0 Å². The molecule has 2 aromatic carbocycles. The van der Waals surface area contributed by atoms with Crippen LogP contribution in [0.2, 0.25) is 0 Å². The van der Waals surface area contributed by atoms with E-state index in [1.807, 2.05) is 6.07 Å². The normalized spacial score (nSPS) is 11.0. The molecule has 0 atom stereocenters. The number of hydrogen-bond donors (Lipinski definition) is 0. The maximum Gasteiger partial charge on any atom is 0.276 e. The summed E-state index contributed by atoms with van der Waals surface area (Å²) in [4.78, 5) is 0. The van der Waals surface area contributed by atoms with Crippen LogP contribution in [-0.4, -0.2) is 10.2 Å². The van der Waals surface area contributed by atoms with Crippen molar-refractivity contribution in [1.82, 2.24) is 10.2 Å². The quantitative estimate of drug-likeness (QED) is 0.611. The van der Waals surface area contributed by atoms with Crippen LogP contribution in [0.25, 0.3) is 0 Å². The second kappa shape index (κ2) is 7.18. The first-order valence-corrected chi connectivity index (χ1v) is 8.76. The lowest BCUT2D eigenvalue weighted by Gasteiger charge is -2.09. The van der Waals surface area contributed by atoms with Gasteiger partial charge in [0.05, 0.1) is 6.42 Å². The van der Waals surface area contributed by atoms with Gasteiger partial charge in [0.25, 0.3) is 5.22 Å². The lowest BCUT2D eigenvalue weighted by atomic mass is 10.0. The van der Waals surface area contributed by atoms with Gasteiger partial charge >= 0.3 is 0 Å². The minimum atomic E-state index is -0.257. The van der Waals surface area contributed by atoms with Gasteiger partial charge in [-0.15, -0.1) is 10.2 Å². The van der Waals surface area contributed by atoms with E-state index in [4.69, 9.17) is 4.42 Å². The number of thioether (sulfide) groups is 1. The van der Waals surface area contributed by atoms with Gasteiger partial charge in [-0.25, -0.2) is 4.39 Å². The summed E-state index contributed by atoms with van der Waals surface area (Å²) in [6, 6.07) is 10.8. The number of hydrogen-bond acceptors (Lipinski definition) is 4. The minimum Gasteiger partial charge on any atom is -0.416 e. The smallest absolute Gasteiger partial charge is 0.276 e. The highest BCUT2D eigenvalue weighted by Crippen LogP contribution is 2.26. The molecule has 0 radical (unpaired) electrons. The van der Waals surface area contributed by atoms with Crippen molar-refractivity contribution in [3.63, 3.8) is 0 Å².